The predicted molar refractivity (Wildman–Crippen MR) is 136 cm³/mol. The van der Waals surface area contributed by atoms with Gasteiger partial charge in [0, 0.05) is 17.5 Å². The molecule has 2 heterocycles. The summed E-state index contributed by atoms with van der Waals surface area (Å²) in [7, 11) is 0. The number of allylic oxidation sites excluding steroid dienone is 4. The molecule has 6 nitrogen and oxygen atoms in total. The van der Waals surface area contributed by atoms with Crippen LogP contribution >= 0.6 is 23.1 Å². The third-order valence-electron chi connectivity index (χ3n) is 9.40. The van der Waals surface area contributed by atoms with Gasteiger partial charge in [0.25, 0.3) is 0 Å². The van der Waals surface area contributed by atoms with Crippen LogP contribution in [0.3, 0.4) is 0 Å². The van der Waals surface area contributed by atoms with Gasteiger partial charge >= 0.3 is 0 Å². The van der Waals surface area contributed by atoms with Crippen LogP contribution in [0, 0.1) is 35.0 Å². The topological polar surface area (TPSA) is 100 Å². The number of hydrogen-bond donors (Lipinski definition) is 2. The zero-order valence-electron chi connectivity index (χ0n) is 19.9. The maximum Gasteiger partial charge on any atom is 0.178 e. The summed E-state index contributed by atoms with van der Waals surface area (Å²) in [5.41, 5.74) is -0.228. The van der Waals surface area contributed by atoms with E-state index in [-0.39, 0.29) is 46.9 Å². The van der Waals surface area contributed by atoms with Crippen molar-refractivity contribution in [2.75, 3.05) is 5.75 Å². The van der Waals surface area contributed by atoms with E-state index in [0.29, 0.717) is 6.42 Å². The van der Waals surface area contributed by atoms with Crippen LogP contribution in [0.25, 0.3) is 10.3 Å². The zero-order valence-corrected chi connectivity index (χ0v) is 21.5. The lowest BCUT2D eigenvalue weighted by Gasteiger charge is -2.56. The molecule has 3 fully saturated rings. The number of nitrogens with zero attached hydrogens (tertiary/aromatic N) is 2. The Labute approximate surface area is 212 Å². The van der Waals surface area contributed by atoms with Crippen LogP contribution in [0.2, 0.25) is 0 Å². The summed E-state index contributed by atoms with van der Waals surface area (Å²) in [4.78, 5) is 35.4. The van der Waals surface area contributed by atoms with E-state index in [1.807, 2.05) is 32.1 Å². The fraction of sp³-hybridized carbons (Fsp3) is 0.556. The van der Waals surface area contributed by atoms with Crippen LogP contribution in [0.1, 0.15) is 39.5 Å². The smallest absolute Gasteiger partial charge is 0.178 e. The number of hydrogen-bond acceptors (Lipinski definition) is 8. The second-order valence-corrected chi connectivity index (χ2v) is 13.2. The molecule has 4 aliphatic rings. The van der Waals surface area contributed by atoms with Gasteiger partial charge in [-0.05, 0) is 73.6 Å². The number of rotatable bonds is 4. The first-order valence-electron chi connectivity index (χ1n) is 12.4. The highest BCUT2D eigenvalue weighted by Crippen LogP contribution is 2.66. The van der Waals surface area contributed by atoms with Crippen molar-refractivity contribution in [1.29, 1.82) is 0 Å². The first-order chi connectivity index (χ1) is 16.7. The molecule has 0 aliphatic heterocycles. The van der Waals surface area contributed by atoms with Crippen molar-refractivity contribution in [2.24, 2.45) is 35.0 Å². The van der Waals surface area contributed by atoms with Crippen molar-refractivity contribution in [1.82, 2.24) is 9.97 Å². The Hall–Kier alpha value is -1.87. The molecule has 5 unspecified atom stereocenters. The van der Waals surface area contributed by atoms with Crippen LogP contribution < -0.4 is 0 Å². The molecule has 0 aromatic carbocycles. The molecule has 2 aromatic heterocycles. The Morgan fingerprint density at radius 2 is 2.20 bits per heavy atom. The quantitative estimate of drug-likeness (QED) is 0.594. The van der Waals surface area contributed by atoms with Crippen molar-refractivity contribution in [3.05, 3.63) is 42.1 Å². The summed E-state index contributed by atoms with van der Waals surface area (Å²) in [5.74, 6) is 0.306. The molecule has 35 heavy (non-hydrogen) atoms. The number of aromatic nitrogens is 2. The number of thioether (sulfide) groups is 1. The molecule has 0 saturated heterocycles. The second-order valence-electron chi connectivity index (χ2n) is 11.0. The van der Waals surface area contributed by atoms with Crippen LogP contribution in [0.5, 0.6) is 0 Å². The summed E-state index contributed by atoms with van der Waals surface area (Å²) >= 11 is 2.83. The first kappa shape index (κ1) is 23.5. The lowest BCUT2D eigenvalue weighted by atomic mass is 9.49. The highest BCUT2D eigenvalue weighted by Gasteiger charge is 2.69. The minimum absolute atomic E-state index is 0.0284. The van der Waals surface area contributed by atoms with E-state index in [1.54, 1.807) is 18.3 Å². The summed E-state index contributed by atoms with van der Waals surface area (Å²) in [6.07, 6.45) is 9.34. The molecule has 2 N–H and O–H groups in total. The number of Topliss-reactive ketones (excluding diaryl/α,β-unsaturated/α-hetero) is 1. The van der Waals surface area contributed by atoms with E-state index in [1.165, 1.54) is 23.1 Å². The minimum atomic E-state index is -1.49. The largest absolute Gasteiger partial charge is 0.393 e. The van der Waals surface area contributed by atoms with Crippen molar-refractivity contribution in [3.8, 4) is 0 Å². The van der Waals surface area contributed by atoms with E-state index < -0.39 is 17.1 Å². The molecule has 0 bridgehead atoms. The predicted octanol–water partition coefficient (Wildman–Crippen LogP) is 4.22. The SMILES string of the molecule is C[C@@H]1CC2C3CCC4=CC(=O)C=CC4C3[C@@H](O)CC2(C)[C@@]1(O)C(=O)CSc1nc2cccnc2s1. The fourth-order valence-corrected chi connectivity index (χ4v) is 9.80. The van der Waals surface area contributed by atoms with Crippen LogP contribution in [0.4, 0.5) is 0 Å². The fourth-order valence-electron chi connectivity index (χ4n) is 7.87. The van der Waals surface area contributed by atoms with E-state index in [9.17, 15) is 19.8 Å². The van der Waals surface area contributed by atoms with Gasteiger partial charge in [0.2, 0.25) is 0 Å². The number of carbonyl (C=O) groups is 2. The summed E-state index contributed by atoms with van der Waals surface area (Å²) in [5, 5.41) is 23.5. The number of aliphatic hydroxyl groups is 2. The summed E-state index contributed by atoms with van der Waals surface area (Å²) < 4.78 is 0.775. The molecule has 0 spiro atoms. The average Bonchev–Trinajstić information content (AvgIpc) is 3.34. The number of fused-ring (bicyclic) bond motifs is 6. The third kappa shape index (κ3) is 3.44. The standard InChI is InChI=1S/C27H30N2O4S2/c1-14-10-19-18-7-5-15-11-16(30)6-8-17(15)23(18)21(31)12-26(19,2)27(14,33)22(32)13-34-25-29-20-4-3-9-28-24(20)35-25/h3-4,6,8-9,11,14,17-19,21,23,31,33H,5,7,10,12-13H2,1-2H3/t14-,17?,18?,19?,21+,23?,26?,27+/m1/s1. The number of carbonyl (C=O) groups excluding carboxylic acids is 2. The lowest BCUT2D eigenvalue weighted by Crippen LogP contribution is -2.61. The van der Waals surface area contributed by atoms with E-state index in [2.05, 4.69) is 9.97 Å². The molecule has 8 heteroatoms. The van der Waals surface area contributed by atoms with Crippen LogP contribution in [-0.2, 0) is 9.59 Å². The molecule has 184 valence electrons. The first-order valence-corrected chi connectivity index (χ1v) is 14.2. The maximum absolute atomic E-state index is 13.7. The normalized spacial score (nSPS) is 40.2. The molecule has 3 saturated carbocycles. The van der Waals surface area contributed by atoms with Gasteiger partial charge in [-0.15, -0.1) is 0 Å². The van der Waals surface area contributed by atoms with Crippen molar-refractivity contribution < 1.29 is 19.8 Å². The van der Waals surface area contributed by atoms with E-state index in [0.717, 1.165) is 39.5 Å². The summed E-state index contributed by atoms with van der Waals surface area (Å²) in [6.45, 7) is 4.01. The Bertz CT molecular complexity index is 1240. The number of aliphatic hydroxyl groups excluding tert-OH is 1. The minimum Gasteiger partial charge on any atom is -0.393 e. The Kier molecular flexibility index (Phi) is 5.60. The Balaban J connectivity index is 1.26. The van der Waals surface area contributed by atoms with Crippen molar-refractivity contribution in [2.45, 2.75) is 55.6 Å². The van der Waals surface area contributed by atoms with Gasteiger partial charge in [0.1, 0.15) is 15.9 Å². The molecule has 0 radical (unpaired) electrons. The van der Waals surface area contributed by atoms with Crippen LogP contribution in [-0.4, -0.2) is 49.2 Å². The van der Waals surface area contributed by atoms with Gasteiger partial charge in [0.05, 0.1) is 11.9 Å². The average molecular weight is 511 g/mol. The van der Waals surface area contributed by atoms with Gasteiger partial charge in [-0.3, -0.25) is 9.59 Å². The summed E-state index contributed by atoms with van der Waals surface area (Å²) in [6, 6.07) is 3.75. The third-order valence-corrected chi connectivity index (χ3v) is 11.5. The van der Waals surface area contributed by atoms with E-state index >= 15 is 0 Å². The highest BCUT2D eigenvalue weighted by molar-refractivity contribution is 8.01. The number of ketones is 2. The highest BCUT2D eigenvalue weighted by atomic mass is 32.2. The molecule has 0 amide bonds. The van der Waals surface area contributed by atoms with Gasteiger partial charge in [-0.25, -0.2) is 9.97 Å². The number of thiazole rings is 1. The Morgan fingerprint density at radius 3 is 3.00 bits per heavy atom. The molecule has 8 atom stereocenters. The lowest BCUT2D eigenvalue weighted by molar-refractivity contribution is -0.175. The van der Waals surface area contributed by atoms with Crippen LogP contribution in [0.15, 0.2) is 46.5 Å². The van der Waals surface area contributed by atoms with Crippen molar-refractivity contribution >= 4 is 45.0 Å². The van der Waals surface area contributed by atoms with Gasteiger partial charge in [-0.1, -0.05) is 48.6 Å². The monoisotopic (exact) mass is 510 g/mol. The number of pyridine rings is 1. The zero-order chi connectivity index (χ0) is 24.5. The maximum atomic E-state index is 13.7. The van der Waals surface area contributed by atoms with Crippen molar-refractivity contribution in [3.63, 3.8) is 0 Å². The van der Waals surface area contributed by atoms with Gasteiger partial charge in [0.15, 0.2) is 15.9 Å². The van der Waals surface area contributed by atoms with E-state index in [4.69, 9.17) is 0 Å². The molecule has 4 aliphatic carbocycles. The Morgan fingerprint density at radius 1 is 1.37 bits per heavy atom. The van der Waals surface area contributed by atoms with Gasteiger partial charge in [-0.2, -0.15) is 0 Å². The molecular weight excluding hydrogens is 480 g/mol. The van der Waals surface area contributed by atoms with Gasteiger partial charge < -0.3 is 10.2 Å². The molecule has 2 aromatic rings. The second kappa shape index (κ2) is 8.33. The molecular formula is C27H30N2O4S2. The molecule has 6 rings (SSSR count).